The summed E-state index contributed by atoms with van der Waals surface area (Å²) in [6.07, 6.45) is -0.0583. The molecule has 80 valence electrons. The van der Waals surface area contributed by atoms with Gasteiger partial charge >= 0.3 is 5.97 Å². The average Bonchev–Trinajstić information content (AvgIpc) is 2.26. The van der Waals surface area contributed by atoms with Crippen LogP contribution in [0, 0.1) is 5.82 Å². The van der Waals surface area contributed by atoms with E-state index in [0.29, 0.717) is 0 Å². The minimum absolute atomic E-state index is 0.0152. The van der Waals surface area contributed by atoms with Crippen molar-refractivity contribution in [2.45, 2.75) is 12.8 Å². The van der Waals surface area contributed by atoms with E-state index in [-0.39, 0.29) is 18.4 Å². The van der Waals surface area contributed by atoms with E-state index >= 15 is 0 Å². The monoisotopic (exact) mass is 210 g/mol. The maximum atomic E-state index is 13.1. The van der Waals surface area contributed by atoms with Gasteiger partial charge in [0.15, 0.2) is 5.78 Å². The van der Waals surface area contributed by atoms with E-state index in [1.54, 1.807) is 6.07 Å². The molecule has 0 aliphatic rings. The molecule has 1 rings (SSSR count). The molecule has 4 heteroatoms. The number of benzene rings is 1. The second-order valence-electron chi connectivity index (χ2n) is 2.98. The highest BCUT2D eigenvalue weighted by Crippen LogP contribution is 2.10. The summed E-state index contributed by atoms with van der Waals surface area (Å²) < 4.78 is 17.5. The number of methoxy groups -OCH3 is 1. The van der Waals surface area contributed by atoms with Crippen molar-refractivity contribution < 1.29 is 18.7 Å². The third kappa shape index (κ3) is 3.16. The first-order valence-corrected chi connectivity index (χ1v) is 4.49. The highest BCUT2D eigenvalue weighted by atomic mass is 19.1. The van der Waals surface area contributed by atoms with Gasteiger partial charge in [0, 0.05) is 6.42 Å². The van der Waals surface area contributed by atoms with Crippen molar-refractivity contribution in [3.8, 4) is 0 Å². The van der Waals surface area contributed by atoms with Gasteiger partial charge in [-0.2, -0.15) is 0 Å². The molecule has 0 fully saturated rings. The fourth-order valence-electron chi connectivity index (χ4n) is 1.14. The summed E-state index contributed by atoms with van der Waals surface area (Å²) in [4.78, 5) is 22.2. The zero-order chi connectivity index (χ0) is 11.3. The zero-order valence-corrected chi connectivity index (χ0v) is 8.33. The molecular formula is C11H11FO3. The van der Waals surface area contributed by atoms with Crippen LogP contribution in [0.2, 0.25) is 0 Å². The number of hydrogen-bond donors (Lipinski definition) is 0. The molecule has 0 saturated heterocycles. The summed E-state index contributed by atoms with van der Waals surface area (Å²) in [5.74, 6) is -1.43. The van der Waals surface area contributed by atoms with Crippen molar-refractivity contribution in [1.29, 1.82) is 0 Å². The normalized spacial score (nSPS) is 9.73. The molecule has 1 aromatic rings. The Morgan fingerprint density at radius 1 is 1.27 bits per heavy atom. The third-order valence-electron chi connectivity index (χ3n) is 1.96. The predicted molar refractivity (Wildman–Crippen MR) is 52.0 cm³/mol. The Kier molecular flexibility index (Phi) is 3.97. The summed E-state index contributed by atoms with van der Waals surface area (Å²) in [5.41, 5.74) is 0.0152. The number of ketones is 1. The number of carbonyl (C=O) groups is 2. The Balaban J connectivity index is 2.62. The van der Waals surface area contributed by atoms with Crippen molar-refractivity contribution in [1.82, 2.24) is 0 Å². The van der Waals surface area contributed by atoms with Crippen LogP contribution in [-0.2, 0) is 9.53 Å². The lowest BCUT2D eigenvalue weighted by Gasteiger charge is -2.01. The van der Waals surface area contributed by atoms with Crippen LogP contribution in [0.5, 0.6) is 0 Å². The molecule has 0 aliphatic carbocycles. The number of carbonyl (C=O) groups excluding carboxylic acids is 2. The van der Waals surface area contributed by atoms with E-state index in [2.05, 4.69) is 4.74 Å². The molecule has 0 bridgehead atoms. The van der Waals surface area contributed by atoms with Gasteiger partial charge in [-0.05, 0) is 12.1 Å². The van der Waals surface area contributed by atoms with E-state index in [9.17, 15) is 14.0 Å². The van der Waals surface area contributed by atoms with Crippen molar-refractivity contribution in [2.24, 2.45) is 0 Å². The molecule has 0 amide bonds. The van der Waals surface area contributed by atoms with Gasteiger partial charge in [-0.15, -0.1) is 0 Å². The van der Waals surface area contributed by atoms with E-state index in [1.807, 2.05) is 0 Å². The van der Waals surface area contributed by atoms with Crippen molar-refractivity contribution in [3.63, 3.8) is 0 Å². The number of ether oxygens (including phenoxy) is 1. The first kappa shape index (κ1) is 11.4. The lowest BCUT2D eigenvalue weighted by molar-refractivity contribution is -0.140. The Hall–Kier alpha value is -1.71. The first-order valence-electron chi connectivity index (χ1n) is 4.49. The standard InChI is InChI=1S/C11H11FO3/c1-15-11(14)7-6-10(13)8-4-2-3-5-9(8)12/h2-5H,6-7H2,1H3. The summed E-state index contributed by atoms with van der Waals surface area (Å²) >= 11 is 0. The Bertz CT molecular complexity index is 374. The van der Waals surface area contributed by atoms with Crippen LogP contribution in [0.25, 0.3) is 0 Å². The fraction of sp³-hybridized carbons (Fsp3) is 0.273. The summed E-state index contributed by atoms with van der Waals surface area (Å²) in [6.45, 7) is 0. The lowest BCUT2D eigenvalue weighted by Crippen LogP contribution is -2.07. The van der Waals surface area contributed by atoms with Gasteiger partial charge in [0.05, 0.1) is 19.1 Å². The van der Waals surface area contributed by atoms with Gasteiger partial charge in [-0.25, -0.2) is 4.39 Å². The van der Waals surface area contributed by atoms with Gasteiger partial charge in [0.25, 0.3) is 0 Å². The molecule has 0 saturated carbocycles. The van der Waals surface area contributed by atoms with Gasteiger partial charge < -0.3 is 4.74 Å². The summed E-state index contributed by atoms with van der Waals surface area (Å²) in [5, 5.41) is 0. The van der Waals surface area contributed by atoms with Gasteiger partial charge in [-0.3, -0.25) is 9.59 Å². The smallest absolute Gasteiger partial charge is 0.305 e. The Morgan fingerprint density at radius 3 is 2.53 bits per heavy atom. The summed E-state index contributed by atoms with van der Waals surface area (Å²) in [6, 6.07) is 5.70. The topological polar surface area (TPSA) is 43.4 Å². The molecule has 1 aromatic carbocycles. The van der Waals surface area contributed by atoms with Crippen molar-refractivity contribution in [3.05, 3.63) is 35.6 Å². The molecule has 0 radical (unpaired) electrons. The highest BCUT2D eigenvalue weighted by molar-refractivity contribution is 5.97. The molecule has 0 atom stereocenters. The zero-order valence-electron chi connectivity index (χ0n) is 8.33. The quantitative estimate of drug-likeness (QED) is 0.563. The van der Waals surface area contributed by atoms with Crippen LogP contribution in [0.4, 0.5) is 4.39 Å². The second-order valence-corrected chi connectivity index (χ2v) is 2.98. The molecule has 0 unspecified atom stereocenters. The van der Waals surface area contributed by atoms with Gasteiger partial charge in [-0.1, -0.05) is 12.1 Å². The van der Waals surface area contributed by atoms with Crippen LogP contribution >= 0.6 is 0 Å². The number of hydrogen-bond acceptors (Lipinski definition) is 3. The van der Waals surface area contributed by atoms with Crippen LogP contribution in [0.15, 0.2) is 24.3 Å². The molecular weight excluding hydrogens is 199 g/mol. The molecule has 0 heterocycles. The minimum Gasteiger partial charge on any atom is -0.469 e. The molecule has 0 aromatic heterocycles. The molecule has 3 nitrogen and oxygen atoms in total. The van der Waals surface area contributed by atoms with Gasteiger partial charge in [0.2, 0.25) is 0 Å². The van der Waals surface area contributed by atoms with Crippen molar-refractivity contribution >= 4 is 11.8 Å². The summed E-state index contributed by atoms with van der Waals surface area (Å²) in [7, 11) is 1.25. The van der Waals surface area contributed by atoms with E-state index in [1.165, 1.54) is 25.3 Å². The number of Topliss-reactive ketones (excluding diaryl/α,β-unsaturated/α-hetero) is 1. The Labute approximate surface area is 86.9 Å². The Morgan fingerprint density at radius 2 is 1.93 bits per heavy atom. The number of halogens is 1. The molecule has 15 heavy (non-hydrogen) atoms. The van der Waals surface area contributed by atoms with Gasteiger partial charge in [0.1, 0.15) is 5.82 Å². The van der Waals surface area contributed by atoms with Crippen LogP contribution < -0.4 is 0 Å². The van der Waals surface area contributed by atoms with E-state index in [4.69, 9.17) is 0 Å². The highest BCUT2D eigenvalue weighted by Gasteiger charge is 2.12. The van der Waals surface area contributed by atoms with Crippen molar-refractivity contribution in [2.75, 3.05) is 7.11 Å². The largest absolute Gasteiger partial charge is 0.469 e. The average molecular weight is 210 g/mol. The van der Waals surface area contributed by atoms with E-state index < -0.39 is 17.6 Å². The first-order chi connectivity index (χ1) is 7.15. The van der Waals surface area contributed by atoms with Crippen LogP contribution in [0.1, 0.15) is 23.2 Å². The molecule has 0 aliphatic heterocycles. The lowest BCUT2D eigenvalue weighted by atomic mass is 10.1. The third-order valence-corrected chi connectivity index (χ3v) is 1.96. The number of esters is 1. The van der Waals surface area contributed by atoms with E-state index in [0.717, 1.165) is 0 Å². The van der Waals surface area contributed by atoms with Crippen LogP contribution in [0.3, 0.4) is 0 Å². The molecule has 0 N–H and O–H groups in total. The predicted octanol–water partition coefficient (Wildman–Crippen LogP) is 1.96. The van der Waals surface area contributed by atoms with Crippen LogP contribution in [-0.4, -0.2) is 18.9 Å². The minimum atomic E-state index is -0.563. The fourth-order valence-corrected chi connectivity index (χ4v) is 1.14. The maximum absolute atomic E-state index is 13.1. The maximum Gasteiger partial charge on any atom is 0.305 e. The SMILES string of the molecule is COC(=O)CCC(=O)c1ccccc1F. The molecule has 0 spiro atoms. The number of rotatable bonds is 4. The second kappa shape index (κ2) is 5.24.